The molecule has 0 aromatic carbocycles. The lowest BCUT2D eigenvalue weighted by Gasteiger charge is -2.41. The molecule has 2 unspecified atom stereocenters. The average Bonchev–Trinajstić information content (AvgIpc) is 3.59. The second-order valence-electron chi connectivity index (χ2n) is 12.0. The Bertz CT molecular complexity index is 985. The van der Waals surface area contributed by atoms with Crippen LogP contribution in [0.25, 0.3) is 0 Å². The Hall–Kier alpha value is -2.27. The van der Waals surface area contributed by atoms with E-state index < -0.39 is 41.1 Å². The number of ether oxygens (including phenoxy) is 3. The molecule has 230 valence electrons. The van der Waals surface area contributed by atoms with Gasteiger partial charge < -0.3 is 29.1 Å². The molecule has 10 heteroatoms. The highest BCUT2D eigenvalue weighted by molar-refractivity contribution is 5.98. The molecule has 0 aliphatic carbocycles. The van der Waals surface area contributed by atoms with Crippen LogP contribution in [0.2, 0.25) is 0 Å². The number of morpholine rings is 1. The third-order valence-electron chi connectivity index (χ3n) is 9.97. The van der Waals surface area contributed by atoms with Gasteiger partial charge in [-0.1, -0.05) is 39.3 Å². The highest BCUT2D eigenvalue weighted by atomic mass is 16.6. The number of amides is 2. The molecule has 7 atom stereocenters. The van der Waals surface area contributed by atoms with E-state index in [4.69, 9.17) is 14.2 Å². The lowest BCUT2D eigenvalue weighted by molar-refractivity contribution is -0.164. The fraction of sp³-hybridized carbons (Fsp3) is 0.774. The fourth-order valence-electron chi connectivity index (χ4n) is 7.51. The van der Waals surface area contributed by atoms with Gasteiger partial charge in [0.15, 0.2) is 0 Å². The monoisotopic (exact) mass is 575 g/mol. The van der Waals surface area contributed by atoms with Gasteiger partial charge in [-0.25, -0.2) is 0 Å². The third kappa shape index (κ3) is 5.60. The van der Waals surface area contributed by atoms with Crippen LogP contribution < -0.4 is 0 Å². The summed E-state index contributed by atoms with van der Waals surface area (Å²) in [7, 11) is 0. The molecule has 41 heavy (non-hydrogen) atoms. The molecule has 4 fully saturated rings. The summed E-state index contributed by atoms with van der Waals surface area (Å²) >= 11 is 0. The predicted octanol–water partition coefficient (Wildman–Crippen LogP) is 2.01. The Morgan fingerprint density at radius 2 is 1.95 bits per heavy atom. The molecular formula is C31H49N3O7. The third-order valence-corrected chi connectivity index (χ3v) is 9.97. The van der Waals surface area contributed by atoms with Crippen LogP contribution in [0.1, 0.15) is 52.9 Å². The van der Waals surface area contributed by atoms with Crippen molar-refractivity contribution < 1.29 is 33.7 Å². The molecule has 0 saturated carbocycles. The normalized spacial score (nSPS) is 32.4. The van der Waals surface area contributed by atoms with Gasteiger partial charge in [0.2, 0.25) is 11.8 Å². The van der Waals surface area contributed by atoms with Crippen LogP contribution in [-0.4, -0.2) is 120 Å². The topological polar surface area (TPSA) is 109 Å². The van der Waals surface area contributed by atoms with Crippen molar-refractivity contribution in [3.63, 3.8) is 0 Å². The maximum absolute atomic E-state index is 14.7. The minimum absolute atomic E-state index is 0.0639. The molecule has 2 amide bonds. The van der Waals surface area contributed by atoms with Crippen molar-refractivity contribution in [2.24, 2.45) is 17.8 Å². The molecule has 0 radical (unpaired) electrons. The molecule has 2 bridgehead atoms. The molecule has 1 N–H and O–H groups in total. The molecule has 4 rings (SSSR count). The maximum Gasteiger partial charge on any atom is 0.312 e. The van der Waals surface area contributed by atoms with Gasteiger partial charge in [-0.15, -0.1) is 13.2 Å². The van der Waals surface area contributed by atoms with Crippen molar-refractivity contribution in [3.8, 4) is 0 Å². The molecular weight excluding hydrogens is 526 g/mol. The van der Waals surface area contributed by atoms with Gasteiger partial charge in [-0.2, -0.15) is 0 Å². The van der Waals surface area contributed by atoms with Crippen molar-refractivity contribution in [1.82, 2.24) is 14.7 Å². The summed E-state index contributed by atoms with van der Waals surface area (Å²) in [6, 6.07) is -1.53. The number of fused-ring (bicyclic) bond motifs is 1. The number of aliphatic hydroxyl groups is 1. The lowest BCUT2D eigenvalue weighted by Crippen LogP contribution is -2.60. The molecule has 1 spiro atoms. The first-order valence-electron chi connectivity index (χ1n) is 15.4. The first kappa shape index (κ1) is 31.7. The summed E-state index contributed by atoms with van der Waals surface area (Å²) in [6.45, 7) is 17.8. The van der Waals surface area contributed by atoms with Crippen LogP contribution in [0.15, 0.2) is 25.3 Å². The second kappa shape index (κ2) is 13.4. The molecule has 4 aliphatic rings. The van der Waals surface area contributed by atoms with Gasteiger partial charge in [0.1, 0.15) is 17.6 Å². The van der Waals surface area contributed by atoms with Crippen LogP contribution >= 0.6 is 0 Å². The number of aliphatic hydroxyl groups excluding tert-OH is 1. The largest absolute Gasteiger partial charge is 0.465 e. The Kier molecular flexibility index (Phi) is 10.3. The van der Waals surface area contributed by atoms with Crippen molar-refractivity contribution >= 4 is 17.8 Å². The Labute approximate surface area is 244 Å². The Morgan fingerprint density at radius 1 is 1.22 bits per heavy atom. The number of nitrogens with zero attached hydrogens (tertiary/aromatic N) is 3. The number of hydrogen-bond acceptors (Lipinski definition) is 8. The van der Waals surface area contributed by atoms with Crippen LogP contribution in [0, 0.1) is 17.8 Å². The first-order valence-corrected chi connectivity index (χ1v) is 15.4. The van der Waals surface area contributed by atoms with Crippen LogP contribution in [0.5, 0.6) is 0 Å². The maximum atomic E-state index is 14.7. The minimum Gasteiger partial charge on any atom is -0.465 e. The van der Waals surface area contributed by atoms with E-state index in [-0.39, 0.29) is 30.9 Å². The number of carbonyl (C=O) groups is 3. The zero-order valence-electron chi connectivity index (χ0n) is 25.1. The number of carbonyl (C=O) groups excluding carboxylic acids is 3. The highest BCUT2D eigenvalue weighted by Gasteiger charge is 2.79. The molecule has 10 nitrogen and oxygen atoms in total. The summed E-state index contributed by atoms with van der Waals surface area (Å²) in [5.74, 6) is -2.69. The van der Waals surface area contributed by atoms with Crippen molar-refractivity contribution in [2.75, 3.05) is 59.2 Å². The first-order chi connectivity index (χ1) is 19.7. The molecule has 4 aliphatic heterocycles. The number of hydrogen-bond donors (Lipinski definition) is 1. The zero-order chi connectivity index (χ0) is 29.8. The van der Waals surface area contributed by atoms with E-state index >= 15 is 0 Å². The van der Waals surface area contributed by atoms with Gasteiger partial charge in [0, 0.05) is 32.7 Å². The highest BCUT2D eigenvalue weighted by Crippen LogP contribution is 2.65. The second-order valence-corrected chi connectivity index (χ2v) is 12.0. The summed E-state index contributed by atoms with van der Waals surface area (Å²) < 4.78 is 18.0. The van der Waals surface area contributed by atoms with Crippen molar-refractivity contribution in [2.45, 2.75) is 76.2 Å². The molecule has 0 aromatic heterocycles. The van der Waals surface area contributed by atoms with Gasteiger partial charge in [0.25, 0.3) is 0 Å². The van der Waals surface area contributed by atoms with Gasteiger partial charge in [0.05, 0.1) is 44.0 Å². The van der Waals surface area contributed by atoms with E-state index in [1.165, 1.54) is 0 Å². The summed E-state index contributed by atoms with van der Waals surface area (Å²) in [5.41, 5.74) is -2.02. The molecule has 0 aromatic rings. The van der Waals surface area contributed by atoms with E-state index in [9.17, 15) is 19.5 Å². The van der Waals surface area contributed by atoms with E-state index in [0.29, 0.717) is 65.0 Å². The van der Waals surface area contributed by atoms with Gasteiger partial charge in [-0.3, -0.25) is 19.3 Å². The van der Waals surface area contributed by atoms with Crippen molar-refractivity contribution in [1.29, 1.82) is 0 Å². The molecule has 4 saturated heterocycles. The fourth-order valence-corrected chi connectivity index (χ4v) is 7.51. The Morgan fingerprint density at radius 3 is 2.56 bits per heavy atom. The Balaban J connectivity index is 1.73. The number of likely N-dealkylation sites (tertiary alicyclic amines) is 1. The van der Waals surface area contributed by atoms with E-state index in [0.717, 1.165) is 13.1 Å². The summed E-state index contributed by atoms with van der Waals surface area (Å²) in [6.07, 6.45) is 6.19. The van der Waals surface area contributed by atoms with Gasteiger partial charge >= 0.3 is 5.97 Å². The number of esters is 1. The minimum atomic E-state index is -1.16. The SMILES string of the molecule is C=CCCOC(=O)[C@@H]1[C@H]2C(=O)N([C@@H](CO)[C@@H](C)CC)C(C(=O)N(CC=C)CCN3CCOCC3)C23CC[C@@]1(CC)O3. The molecule has 4 heterocycles. The van der Waals surface area contributed by atoms with Crippen LogP contribution in [0.4, 0.5) is 0 Å². The van der Waals surface area contributed by atoms with Gasteiger partial charge in [-0.05, 0) is 31.6 Å². The van der Waals surface area contributed by atoms with E-state index in [1.807, 2.05) is 20.8 Å². The standard InChI is InChI=1S/C31H49N3O7/c1-6-10-18-40-29(38)25-24-27(36)34(23(21-35)22(5)8-3)26(31(24)12-11-30(25,9-4)41-31)28(37)33(13-7-2)15-14-32-16-19-39-20-17-32/h6-7,22-26,35H,1-2,8-21H2,3-5H3/t22-,23-,24-,25-,26?,30+,31?/m0/s1. The smallest absolute Gasteiger partial charge is 0.312 e. The quantitative estimate of drug-likeness (QED) is 0.180. The van der Waals surface area contributed by atoms with E-state index in [1.54, 1.807) is 22.0 Å². The zero-order valence-corrected chi connectivity index (χ0v) is 25.1. The summed E-state index contributed by atoms with van der Waals surface area (Å²) in [5, 5.41) is 10.6. The number of rotatable bonds is 15. The predicted molar refractivity (Wildman–Crippen MR) is 154 cm³/mol. The summed E-state index contributed by atoms with van der Waals surface area (Å²) in [4.78, 5) is 48.4. The van der Waals surface area contributed by atoms with Crippen LogP contribution in [0.3, 0.4) is 0 Å². The van der Waals surface area contributed by atoms with Crippen molar-refractivity contribution in [3.05, 3.63) is 25.3 Å². The average molecular weight is 576 g/mol. The lowest BCUT2D eigenvalue weighted by atomic mass is 9.65. The van der Waals surface area contributed by atoms with Crippen LogP contribution in [-0.2, 0) is 28.6 Å². The van der Waals surface area contributed by atoms with E-state index in [2.05, 4.69) is 18.1 Å².